The van der Waals surface area contributed by atoms with Gasteiger partial charge in [0.05, 0.1) is 12.8 Å². The molecule has 3 aromatic carbocycles. The molecule has 0 bridgehead atoms. The lowest BCUT2D eigenvalue weighted by atomic mass is 9.85. The van der Waals surface area contributed by atoms with E-state index in [4.69, 9.17) is 9.47 Å². The van der Waals surface area contributed by atoms with Gasteiger partial charge in [0, 0.05) is 17.6 Å². The van der Waals surface area contributed by atoms with Gasteiger partial charge in [0.1, 0.15) is 17.5 Å². The summed E-state index contributed by atoms with van der Waals surface area (Å²) >= 11 is 0. The van der Waals surface area contributed by atoms with Crippen molar-refractivity contribution in [2.75, 3.05) is 17.7 Å². The average Bonchev–Trinajstić information content (AvgIpc) is 3.28. The van der Waals surface area contributed by atoms with Crippen molar-refractivity contribution in [3.63, 3.8) is 0 Å². The van der Waals surface area contributed by atoms with Gasteiger partial charge < -0.3 is 25.0 Å². The Morgan fingerprint density at radius 1 is 0.878 bits per heavy atom. The molecule has 1 heterocycles. The molecule has 0 aromatic heterocycles. The predicted octanol–water partition coefficient (Wildman–Crippen LogP) is 6.27. The monoisotopic (exact) mass is 670 g/mol. The lowest BCUT2D eigenvalue weighted by Crippen LogP contribution is -2.55. The smallest absolute Gasteiger partial charge is 0.328 e. The van der Waals surface area contributed by atoms with Crippen molar-refractivity contribution in [1.29, 1.82) is 0 Å². The summed E-state index contributed by atoms with van der Waals surface area (Å²) in [4.78, 5) is 71.1. The number of carbonyl (C=O) groups excluding carboxylic acids is 5. The van der Waals surface area contributed by atoms with Crippen LogP contribution in [0.3, 0.4) is 0 Å². The summed E-state index contributed by atoms with van der Waals surface area (Å²) in [5.74, 6) is -1.68. The van der Waals surface area contributed by atoms with Crippen LogP contribution in [-0.4, -0.2) is 64.6 Å². The first-order valence-electron chi connectivity index (χ1n) is 16.5. The van der Waals surface area contributed by atoms with Gasteiger partial charge in [-0.05, 0) is 62.1 Å². The van der Waals surface area contributed by atoms with Gasteiger partial charge in [0.2, 0.25) is 0 Å². The van der Waals surface area contributed by atoms with E-state index in [1.807, 2.05) is 69.3 Å². The topological polar surface area (TPSA) is 134 Å². The zero-order chi connectivity index (χ0) is 36.0. The van der Waals surface area contributed by atoms with Crippen LogP contribution in [0.5, 0.6) is 11.5 Å². The molecule has 1 aliphatic heterocycles. The number of hydrogen-bond acceptors (Lipinski definition) is 7. The highest BCUT2D eigenvalue weighted by Gasteiger charge is 2.53. The van der Waals surface area contributed by atoms with E-state index in [1.165, 1.54) is 18.1 Å². The van der Waals surface area contributed by atoms with E-state index in [-0.39, 0.29) is 18.0 Å². The average molecular weight is 671 g/mol. The van der Waals surface area contributed by atoms with Gasteiger partial charge in [-0.2, -0.15) is 0 Å². The van der Waals surface area contributed by atoms with E-state index in [0.717, 1.165) is 21.6 Å². The first-order valence-corrected chi connectivity index (χ1v) is 16.5. The zero-order valence-electron chi connectivity index (χ0n) is 29.5. The number of rotatable bonds is 13. The maximum Gasteiger partial charge on any atom is 0.328 e. The predicted molar refractivity (Wildman–Crippen MR) is 187 cm³/mol. The second-order valence-corrected chi connectivity index (χ2v) is 13.2. The van der Waals surface area contributed by atoms with Crippen LogP contribution in [0.15, 0.2) is 66.7 Å². The molecule has 4 rings (SSSR count). The third-order valence-electron chi connectivity index (χ3n) is 8.41. The number of hydrogen-bond donors (Lipinski definition) is 2. The summed E-state index contributed by atoms with van der Waals surface area (Å²) in [6.45, 7) is 12.5. The van der Waals surface area contributed by atoms with Gasteiger partial charge in [-0.1, -0.05) is 82.6 Å². The number of carbonyl (C=O) groups is 5. The lowest BCUT2D eigenvalue weighted by molar-refractivity contribution is -0.143. The number of imide groups is 1. The molecule has 3 aromatic rings. The largest absolute Gasteiger partial charge is 0.495 e. The molecule has 11 nitrogen and oxygen atoms in total. The van der Waals surface area contributed by atoms with Crippen molar-refractivity contribution in [2.45, 2.75) is 86.0 Å². The highest BCUT2D eigenvalue weighted by Crippen LogP contribution is 2.32. The number of nitrogens with zero attached hydrogens (tertiary/aromatic N) is 2. The molecule has 3 unspecified atom stereocenters. The minimum Gasteiger partial charge on any atom is -0.495 e. The van der Waals surface area contributed by atoms with Crippen LogP contribution in [0.4, 0.5) is 16.2 Å². The van der Waals surface area contributed by atoms with E-state index in [0.29, 0.717) is 24.3 Å². The third kappa shape index (κ3) is 8.28. The van der Waals surface area contributed by atoms with Crippen molar-refractivity contribution in [2.24, 2.45) is 5.41 Å². The Morgan fingerprint density at radius 3 is 2.14 bits per heavy atom. The highest BCUT2D eigenvalue weighted by atomic mass is 16.5. The third-order valence-corrected chi connectivity index (χ3v) is 8.41. The number of methoxy groups -OCH3 is 1. The van der Waals surface area contributed by atoms with Gasteiger partial charge in [-0.15, -0.1) is 0 Å². The molecule has 0 radical (unpaired) electrons. The molecular formula is C38H46N4O7. The van der Waals surface area contributed by atoms with Gasteiger partial charge in [0.25, 0.3) is 17.7 Å². The van der Waals surface area contributed by atoms with Crippen LogP contribution in [0.1, 0.15) is 64.2 Å². The molecule has 49 heavy (non-hydrogen) atoms. The van der Waals surface area contributed by atoms with E-state index in [2.05, 4.69) is 10.6 Å². The second kappa shape index (κ2) is 15.4. The molecule has 260 valence electrons. The first-order chi connectivity index (χ1) is 23.2. The molecular weight excluding hydrogens is 624 g/mol. The molecule has 1 aliphatic rings. The summed E-state index contributed by atoms with van der Waals surface area (Å²) in [5, 5.41) is 5.54. The number of benzene rings is 3. The normalized spacial score (nSPS) is 15.9. The molecule has 1 saturated heterocycles. The Bertz CT molecular complexity index is 1720. The Labute approximate surface area is 287 Å². The highest BCUT2D eigenvalue weighted by molar-refractivity contribution is 6.19. The molecule has 1 fully saturated rings. The second-order valence-electron chi connectivity index (χ2n) is 13.2. The zero-order valence-corrected chi connectivity index (χ0v) is 29.5. The SMILES string of the molecule is CCC(Oc1ccc(C)cc1C)C(=O)Nc1ccc(OC)c(NC(=O)C(C(=O)C(C)(C)C)N2C(=O)C(CC)N(Cc3ccccc3)C2=O)c1. The molecule has 0 spiro atoms. The summed E-state index contributed by atoms with van der Waals surface area (Å²) in [6.07, 6.45) is -0.103. The van der Waals surface area contributed by atoms with E-state index >= 15 is 0 Å². The Balaban J connectivity index is 1.61. The van der Waals surface area contributed by atoms with Crippen LogP contribution in [0.25, 0.3) is 0 Å². The molecule has 5 amide bonds. The molecule has 3 atom stereocenters. The minimum atomic E-state index is -1.76. The van der Waals surface area contributed by atoms with Crippen LogP contribution in [0, 0.1) is 19.3 Å². The Hall–Kier alpha value is -5.19. The number of ketones is 1. The van der Waals surface area contributed by atoms with Crippen LogP contribution < -0.4 is 20.1 Å². The molecule has 0 aliphatic carbocycles. The van der Waals surface area contributed by atoms with Crippen LogP contribution in [-0.2, 0) is 25.7 Å². The maximum atomic E-state index is 14.1. The number of ether oxygens (including phenoxy) is 2. The van der Waals surface area contributed by atoms with Crippen molar-refractivity contribution in [3.05, 3.63) is 83.4 Å². The summed E-state index contributed by atoms with van der Waals surface area (Å²) < 4.78 is 11.5. The van der Waals surface area contributed by atoms with Gasteiger partial charge in [-0.3, -0.25) is 19.2 Å². The quantitative estimate of drug-likeness (QED) is 0.162. The van der Waals surface area contributed by atoms with Gasteiger partial charge in [-0.25, -0.2) is 9.69 Å². The molecule has 2 N–H and O–H groups in total. The minimum absolute atomic E-state index is 0.132. The fourth-order valence-electron chi connectivity index (χ4n) is 5.73. The van der Waals surface area contributed by atoms with Crippen molar-refractivity contribution in [1.82, 2.24) is 9.80 Å². The maximum absolute atomic E-state index is 14.1. The fourth-order valence-corrected chi connectivity index (χ4v) is 5.73. The van der Waals surface area contributed by atoms with E-state index < -0.39 is 53.1 Å². The number of Topliss-reactive ketones (excluding diaryl/α,β-unsaturated/α-hetero) is 1. The lowest BCUT2D eigenvalue weighted by Gasteiger charge is -2.29. The van der Waals surface area contributed by atoms with E-state index in [1.54, 1.807) is 39.8 Å². The summed E-state index contributed by atoms with van der Waals surface area (Å²) in [5.41, 5.74) is 2.17. The van der Waals surface area contributed by atoms with E-state index in [9.17, 15) is 24.0 Å². The summed E-state index contributed by atoms with van der Waals surface area (Å²) in [7, 11) is 1.41. The first kappa shape index (κ1) is 36.6. The van der Waals surface area contributed by atoms with Gasteiger partial charge >= 0.3 is 6.03 Å². The molecule has 0 saturated carbocycles. The van der Waals surface area contributed by atoms with Crippen molar-refractivity contribution >= 4 is 40.9 Å². The number of amides is 5. The summed E-state index contributed by atoms with van der Waals surface area (Å²) in [6, 6.07) is 16.2. The fraction of sp³-hybridized carbons (Fsp3) is 0.395. The van der Waals surface area contributed by atoms with Crippen LogP contribution >= 0.6 is 0 Å². The Morgan fingerprint density at radius 2 is 1.55 bits per heavy atom. The number of aryl methyl sites for hydroxylation is 2. The standard InChI is InChI=1S/C38H46N4O7/c1-9-28-36(46)42(37(47)41(28)22-25-14-12-11-13-15-25)32(33(43)38(5,6)7)35(45)40-27-21-26(17-19-31(27)48-8)39-34(44)29(10-2)49-30-18-16-23(3)20-24(30)4/h11-21,28-29,32H,9-10,22H2,1-8H3,(H,39,44)(H,40,45). The number of anilines is 2. The Kier molecular flexibility index (Phi) is 11.5. The van der Waals surface area contributed by atoms with Gasteiger partial charge in [0.15, 0.2) is 17.9 Å². The van der Waals surface area contributed by atoms with Crippen molar-refractivity contribution < 1.29 is 33.4 Å². The van der Waals surface area contributed by atoms with Crippen molar-refractivity contribution in [3.8, 4) is 11.5 Å². The van der Waals surface area contributed by atoms with Crippen LogP contribution in [0.2, 0.25) is 0 Å². The number of urea groups is 1. The number of nitrogens with one attached hydrogen (secondary N) is 2. The molecule has 11 heteroatoms.